The van der Waals surface area contributed by atoms with E-state index >= 15 is 0 Å². The van der Waals surface area contributed by atoms with Gasteiger partial charge < -0.3 is 15.4 Å². The third-order valence-corrected chi connectivity index (χ3v) is 3.43. The molecule has 1 unspecified atom stereocenters. The Labute approximate surface area is 122 Å². The van der Waals surface area contributed by atoms with Crippen LogP contribution in [0.15, 0.2) is 12.4 Å². The zero-order valence-corrected chi connectivity index (χ0v) is 13.2. The van der Waals surface area contributed by atoms with Crippen molar-refractivity contribution in [2.45, 2.75) is 52.1 Å². The second-order valence-electron chi connectivity index (χ2n) is 5.23. The fourth-order valence-corrected chi connectivity index (χ4v) is 2.34. The Morgan fingerprint density at radius 3 is 2.30 bits per heavy atom. The van der Waals surface area contributed by atoms with Crippen LogP contribution in [0.4, 0.5) is 5.95 Å². The van der Waals surface area contributed by atoms with Crippen LogP contribution in [-0.2, 0) is 11.2 Å². The van der Waals surface area contributed by atoms with E-state index < -0.39 is 0 Å². The maximum absolute atomic E-state index is 5.80. The van der Waals surface area contributed by atoms with E-state index in [2.05, 4.69) is 28.7 Å². The molecule has 0 aliphatic carbocycles. The quantitative estimate of drug-likeness (QED) is 0.749. The van der Waals surface area contributed by atoms with Gasteiger partial charge in [-0.2, -0.15) is 0 Å². The Morgan fingerprint density at radius 1 is 1.25 bits per heavy atom. The van der Waals surface area contributed by atoms with Crippen LogP contribution in [0.2, 0.25) is 0 Å². The molecule has 0 bridgehead atoms. The van der Waals surface area contributed by atoms with Crippen LogP contribution < -0.4 is 10.6 Å². The normalized spacial score (nSPS) is 12.7. The number of ether oxygens (including phenoxy) is 1. The summed E-state index contributed by atoms with van der Waals surface area (Å²) in [6.07, 6.45) is 6.72. The highest BCUT2D eigenvalue weighted by Gasteiger charge is 2.17. The van der Waals surface area contributed by atoms with Crippen molar-refractivity contribution in [2.24, 2.45) is 5.73 Å². The molecule has 0 radical (unpaired) electrons. The number of methoxy groups -OCH3 is 1. The first-order chi connectivity index (χ1) is 9.62. The van der Waals surface area contributed by atoms with Crippen molar-refractivity contribution in [3.05, 3.63) is 18.0 Å². The molecule has 0 fully saturated rings. The van der Waals surface area contributed by atoms with Crippen molar-refractivity contribution in [1.29, 1.82) is 0 Å². The van der Waals surface area contributed by atoms with E-state index in [0.717, 1.165) is 37.3 Å². The molecule has 114 valence electrons. The molecule has 2 N–H and O–H groups in total. The maximum Gasteiger partial charge on any atom is 0.225 e. The van der Waals surface area contributed by atoms with Crippen LogP contribution in [-0.4, -0.2) is 42.3 Å². The van der Waals surface area contributed by atoms with Gasteiger partial charge in [0.05, 0.1) is 6.61 Å². The summed E-state index contributed by atoms with van der Waals surface area (Å²) in [6, 6.07) is 0.581. The molecule has 0 saturated heterocycles. The third kappa shape index (κ3) is 5.06. The van der Waals surface area contributed by atoms with Gasteiger partial charge in [0, 0.05) is 38.1 Å². The van der Waals surface area contributed by atoms with Crippen LogP contribution in [0.5, 0.6) is 0 Å². The first kappa shape index (κ1) is 16.9. The van der Waals surface area contributed by atoms with Gasteiger partial charge in [0.2, 0.25) is 5.95 Å². The lowest BCUT2D eigenvalue weighted by molar-refractivity contribution is 0.202. The highest BCUT2D eigenvalue weighted by molar-refractivity contribution is 5.31. The molecule has 0 saturated carbocycles. The molecule has 0 aliphatic rings. The lowest BCUT2D eigenvalue weighted by Gasteiger charge is -2.30. The molecule has 1 rings (SSSR count). The molecule has 1 aromatic heterocycles. The minimum Gasteiger partial charge on any atom is -0.383 e. The van der Waals surface area contributed by atoms with E-state index in [9.17, 15) is 0 Å². The monoisotopic (exact) mass is 280 g/mol. The maximum atomic E-state index is 5.80. The molecule has 0 aliphatic heterocycles. The SMILES string of the molecule is CCC(CC)N(CCOC)c1ncc(CC(C)N)cn1. The van der Waals surface area contributed by atoms with Gasteiger partial charge in [-0.1, -0.05) is 13.8 Å². The van der Waals surface area contributed by atoms with Gasteiger partial charge in [0.1, 0.15) is 0 Å². The number of nitrogens with zero attached hydrogens (tertiary/aromatic N) is 3. The summed E-state index contributed by atoms with van der Waals surface area (Å²) in [7, 11) is 1.72. The highest BCUT2D eigenvalue weighted by atomic mass is 16.5. The highest BCUT2D eigenvalue weighted by Crippen LogP contribution is 2.16. The fourth-order valence-electron chi connectivity index (χ4n) is 2.34. The molecule has 1 aromatic rings. The number of hydrogen-bond donors (Lipinski definition) is 1. The summed E-state index contributed by atoms with van der Waals surface area (Å²) in [5, 5.41) is 0. The van der Waals surface area contributed by atoms with Gasteiger partial charge in [0.15, 0.2) is 0 Å². The summed E-state index contributed by atoms with van der Waals surface area (Å²) in [5.41, 5.74) is 6.88. The van der Waals surface area contributed by atoms with Crippen LogP contribution in [0.1, 0.15) is 39.2 Å². The molecule has 0 amide bonds. The molecular weight excluding hydrogens is 252 g/mol. The Kier molecular flexibility index (Phi) is 7.47. The van der Waals surface area contributed by atoms with Crippen LogP contribution >= 0.6 is 0 Å². The smallest absolute Gasteiger partial charge is 0.225 e. The number of aromatic nitrogens is 2. The first-order valence-electron chi connectivity index (χ1n) is 7.44. The molecule has 5 nitrogen and oxygen atoms in total. The second-order valence-corrected chi connectivity index (χ2v) is 5.23. The third-order valence-electron chi connectivity index (χ3n) is 3.43. The van der Waals surface area contributed by atoms with Gasteiger partial charge in [-0.15, -0.1) is 0 Å². The Balaban J connectivity index is 2.84. The van der Waals surface area contributed by atoms with E-state index in [1.54, 1.807) is 7.11 Å². The van der Waals surface area contributed by atoms with E-state index in [4.69, 9.17) is 10.5 Å². The number of nitrogens with two attached hydrogens (primary N) is 1. The van der Waals surface area contributed by atoms with Gasteiger partial charge in [-0.3, -0.25) is 0 Å². The fraction of sp³-hybridized carbons (Fsp3) is 0.733. The van der Waals surface area contributed by atoms with Crippen molar-refractivity contribution in [2.75, 3.05) is 25.2 Å². The summed E-state index contributed by atoms with van der Waals surface area (Å²) in [4.78, 5) is 11.2. The number of rotatable bonds is 9. The van der Waals surface area contributed by atoms with Crippen molar-refractivity contribution >= 4 is 5.95 Å². The predicted molar refractivity (Wildman–Crippen MR) is 83.0 cm³/mol. The molecule has 1 heterocycles. The Hall–Kier alpha value is -1.20. The topological polar surface area (TPSA) is 64.3 Å². The summed E-state index contributed by atoms with van der Waals surface area (Å²) < 4.78 is 5.20. The van der Waals surface area contributed by atoms with Gasteiger partial charge >= 0.3 is 0 Å². The lowest BCUT2D eigenvalue weighted by Crippen LogP contribution is -2.38. The van der Waals surface area contributed by atoms with E-state index in [-0.39, 0.29) is 6.04 Å². The Bertz CT molecular complexity index is 363. The van der Waals surface area contributed by atoms with Gasteiger partial charge in [0.25, 0.3) is 0 Å². The zero-order valence-electron chi connectivity index (χ0n) is 13.2. The van der Waals surface area contributed by atoms with Crippen molar-refractivity contribution in [1.82, 2.24) is 9.97 Å². The average Bonchev–Trinajstić information content (AvgIpc) is 2.44. The van der Waals surface area contributed by atoms with E-state index in [1.165, 1.54) is 0 Å². The lowest BCUT2D eigenvalue weighted by atomic mass is 10.1. The standard InChI is InChI=1S/C15H28N4O/c1-5-14(6-2)19(7-8-20-4)15-17-10-13(11-18-15)9-12(3)16/h10-12,14H,5-9,16H2,1-4H3. The van der Waals surface area contributed by atoms with Crippen molar-refractivity contribution < 1.29 is 4.74 Å². The largest absolute Gasteiger partial charge is 0.383 e. The molecule has 5 heteroatoms. The first-order valence-corrected chi connectivity index (χ1v) is 7.44. The van der Waals surface area contributed by atoms with Crippen LogP contribution in [0.25, 0.3) is 0 Å². The van der Waals surface area contributed by atoms with Crippen LogP contribution in [0, 0.1) is 0 Å². The second kappa shape index (κ2) is 8.87. The number of anilines is 1. The summed E-state index contributed by atoms with van der Waals surface area (Å²) in [5.74, 6) is 0.782. The zero-order chi connectivity index (χ0) is 15.0. The van der Waals surface area contributed by atoms with E-state index in [0.29, 0.717) is 12.6 Å². The minimum atomic E-state index is 0.132. The summed E-state index contributed by atoms with van der Waals surface area (Å²) in [6.45, 7) is 7.87. The average molecular weight is 280 g/mol. The molecule has 1 atom stereocenters. The van der Waals surface area contributed by atoms with Crippen molar-refractivity contribution in [3.63, 3.8) is 0 Å². The molecule has 0 spiro atoms. The molecular formula is C15H28N4O. The minimum absolute atomic E-state index is 0.132. The van der Waals surface area contributed by atoms with Gasteiger partial charge in [-0.25, -0.2) is 9.97 Å². The van der Waals surface area contributed by atoms with Crippen LogP contribution in [0.3, 0.4) is 0 Å². The Morgan fingerprint density at radius 2 is 1.85 bits per heavy atom. The van der Waals surface area contributed by atoms with Gasteiger partial charge in [-0.05, 0) is 31.7 Å². The molecule has 0 aromatic carbocycles. The predicted octanol–water partition coefficient (Wildman–Crippen LogP) is 2.01. The number of hydrogen-bond acceptors (Lipinski definition) is 5. The van der Waals surface area contributed by atoms with E-state index in [1.807, 2.05) is 19.3 Å². The summed E-state index contributed by atoms with van der Waals surface area (Å²) >= 11 is 0. The molecule has 20 heavy (non-hydrogen) atoms. The van der Waals surface area contributed by atoms with Crippen molar-refractivity contribution in [3.8, 4) is 0 Å².